The Morgan fingerprint density at radius 2 is 2.11 bits per heavy atom. The average molecular weight is 249 g/mol. The van der Waals surface area contributed by atoms with Gasteiger partial charge < -0.3 is 9.88 Å². The molecule has 1 fully saturated rings. The molecule has 3 unspecified atom stereocenters. The number of hydrogen-bond donors (Lipinski definition) is 1. The first-order valence-electron chi connectivity index (χ1n) is 7.40. The molecular weight excluding hydrogens is 222 g/mol. The minimum absolute atomic E-state index is 0.606. The Balaban J connectivity index is 1.84. The first-order chi connectivity index (χ1) is 8.66. The van der Waals surface area contributed by atoms with E-state index in [0.717, 1.165) is 5.92 Å². The summed E-state index contributed by atoms with van der Waals surface area (Å²) >= 11 is 0. The predicted octanol–water partition coefficient (Wildman–Crippen LogP) is 3.39. The van der Waals surface area contributed by atoms with Crippen molar-refractivity contribution in [3.63, 3.8) is 0 Å². The van der Waals surface area contributed by atoms with E-state index >= 15 is 0 Å². The number of nitrogens with one attached hydrogen (secondary N) is 1. The van der Waals surface area contributed by atoms with Crippen LogP contribution >= 0.6 is 0 Å². The molecule has 0 amide bonds. The third-order valence-corrected chi connectivity index (χ3v) is 4.06. The molecule has 2 rings (SSSR count). The molecule has 1 aliphatic rings. The second kappa shape index (κ2) is 6.37. The highest BCUT2D eigenvalue weighted by molar-refractivity contribution is 4.92. The SMILES string of the molecule is CC(C)CCC(C)NC1CCCC1n1ccnc1. The summed E-state index contributed by atoms with van der Waals surface area (Å²) in [5.74, 6) is 0.808. The maximum absolute atomic E-state index is 4.18. The summed E-state index contributed by atoms with van der Waals surface area (Å²) in [7, 11) is 0. The van der Waals surface area contributed by atoms with Crippen molar-refractivity contribution in [3.8, 4) is 0 Å². The molecule has 0 aromatic carbocycles. The second-order valence-electron chi connectivity index (χ2n) is 6.15. The van der Waals surface area contributed by atoms with E-state index in [0.29, 0.717) is 18.1 Å². The van der Waals surface area contributed by atoms with E-state index in [1.54, 1.807) is 0 Å². The van der Waals surface area contributed by atoms with E-state index in [1.807, 2.05) is 12.5 Å². The van der Waals surface area contributed by atoms with Crippen LogP contribution in [0.5, 0.6) is 0 Å². The molecule has 0 aliphatic heterocycles. The van der Waals surface area contributed by atoms with Crippen LogP contribution in [-0.4, -0.2) is 21.6 Å². The fourth-order valence-electron chi connectivity index (χ4n) is 2.99. The summed E-state index contributed by atoms with van der Waals surface area (Å²) in [6, 6.07) is 1.86. The number of imidazole rings is 1. The predicted molar refractivity (Wildman–Crippen MR) is 75.6 cm³/mol. The van der Waals surface area contributed by atoms with Crippen molar-refractivity contribution < 1.29 is 0 Å². The fraction of sp³-hybridized carbons (Fsp3) is 0.800. The first kappa shape index (κ1) is 13.6. The van der Waals surface area contributed by atoms with E-state index in [1.165, 1.54) is 32.1 Å². The quantitative estimate of drug-likeness (QED) is 0.837. The van der Waals surface area contributed by atoms with Crippen LogP contribution < -0.4 is 5.32 Å². The van der Waals surface area contributed by atoms with Crippen LogP contribution in [0.25, 0.3) is 0 Å². The Bertz CT molecular complexity index is 332. The van der Waals surface area contributed by atoms with Gasteiger partial charge in [-0.3, -0.25) is 0 Å². The topological polar surface area (TPSA) is 29.9 Å². The van der Waals surface area contributed by atoms with Gasteiger partial charge in [0, 0.05) is 30.5 Å². The first-order valence-corrected chi connectivity index (χ1v) is 7.40. The van der Waals surface area contributed by atoms with Crippen molar-refractivity contribution in [3.05, 3.63) is 18.7 Å². The van der Waals surface area contributed by atoms with Gasteiger partial charge in [-0.05, 0) is 44.9 Å². The molecule has 3 heteroatoms. The summed E-state index contributed by atoms with van der Waals surface area (Å²) in [6.07, 6.45) is 12.5. The third-order valence-electron chi connectivity index (χ3n) is 4.06. The maximum Gasteiger partial charge on any atom is 0.0949 e. The zero-order valence-corrected chi connectivity index (χ0v) is 12.0. The highest BCUT2D eigenvalue weighted by Gasteiger charge is 2.28. The van der Waals surface area contributed by atoms with Crippen molar-refractivity contribution in [2.75, 3.05) is 0 Å². The molecule has 3 atom stereocenters. The minimum Gasteiger partial charge on any atom is -0.333 e. The van der Waals surface area contributed by atoms with E-state index in [9.17, 15) is 0 Å². The number of rotatable bonds is 6. The van der Waals surface area contributed by atoms with Crippen LogP contribution in [0.15, 0.2) is 18.7 Å². The molecule has 0 spiro atoms. The van der Waals surface area contributed by atoms with Crippen LogP contribution in [0.2, 0.25) is 0 Å². The normalized spacial score (nSPS) is 25.8. The Morgan fingerprint density at radius 3 is 2.78 bits per heavy atom. The lowest BCUT2D eigenvalue weighted by Crippen LogP contribution is -2.39. The summed E-state index contributed by atoms with van der Waals surface area (Å²) in [5, 5.41) is 3.82. The summed E-state index contributed by atoms with van der Waals surface area (Å²) in [5.41, 5.74) is 0. The molecule has 1 saturated carbocycles. The van der Waals surface area contributed by atoms with Crippen molar-refractivity contribution in [2.45, 2.75) is 71.0 Å². The summed E-state index contributed by atoms with van der Waals surface area (Å²) < 4.78 is 2.28. The molecular formula is C15H27N3. The van der Waals surface area contributed by atoms with Crippen molar-refractivity contribution in [1.29, 1.82) is 0 Å². The van der Waals surface area contributed by atoms with Gasteiger partial charge in [0.1, 0.15) is 0 Å². The highest BCUT2D eigenvalue weighted by Crippen LogP contribution is 2.30. The van der Waals surface area contributed by atoms with Gasteiger partial charge in [0.2, 0.25) is 0 Å². The van der Waals surface area contributed by atoms with Gasteiger partial charge in [-0.15, -0.1) is 0 Å². The standard InChI is InChI=1S/C15H27N3/c1-12(2)7-8-13(3)17-14-5-4-6-15(14)18-10-9-16-11-18/h9-15,17H,4-8H2,1-3H3. The lowest BCUT2D eigenvalue weighted by molar-refractivity contribution is 0.339. The molecule has 1 aliphatic carbocycles. The highest BCUT2D eigenvalue weighted by atomic mass is 15.1. The zero-order chi connectivity index (χ0) is 13.0. The van der Waals surface area contributed by atoms with Crippen molar-refractivity contribution in [1.82, 2.24) is 14.9 Å². The van der Waals surface area contributed by atoms with Crippen LogP contribution in [0.4, 0.5) is 0 Å². The summed E-state index contributed by atoms with van der Waals surface area (Å²) in [4.78, 5) is 4.18. The Hall–Kier alpha value is -0.830. The minimum atomic E-state index is 0.606. The molecule has 1 N–H and O–H groups in total. The van der Waals surface area contributed by atoms with Gasteiger partial charge in [0.05, 0.1) is 6.33 Å². The molecule has 102 valence electrons. The Labute approximate surface area is 111 Å². The zero-order valence-electron chi connectivity index (χ0n) is 12.0. The molecule has 3 nitrogen and oxygen atoms in total. The smallest absolute Gasteiger partial charge is 0.0949 e. The van der Waals surface area contributed by atoms with Gasteiger partial charge in [0.15, 0.2) is 0 Å². The maximum atomic E-state index is 4.18. The molecule has 1 aromatic rings. The van der Waals surface area contributed by atoms with Gasteiger partial charge in [-0.1, -0.05) is 13.8 Å². The molecule has 0 radical (unpaired) electrons. The van der Waals surface area contributed by atoms with E-state index in [4.69, 9.17) is 0 Å². The number of aromatic nitrogens is 2. The summed E-state index contributed by atoms with van der Waals surface area (Å²) in [6.45, 7) is 6.93. The monoisotopic (exact) mass is 249 g/mol. The molecule has 18 heavy (non-hydrogen) atoms. The molecule has 0 bridgehead atoms. The average Bonchev–Trinajstić information content (AvgIpc) is 2.95. The lowest BCUT2D eigenvalue weighted by atomic mass is 10.0. The molecule has 1 heterocycles. The number of nitrogens with zero attached hydrogens (tertiary/aromatic N) is 2. The number of hydrogen-bond acceptors (Lipinski definition) is 2. The van der Waals surface area contributed by atoms with Gasteiger partial charge in [-0.2, -0.15) is 0 Å². The van der Waals surface area contributed by atoms with Crippen molar-refractivity contribution in [2.24, 2.45) is 5.92 Å². The molecule has 1 aromatic heterocycles. The van der Waals surface area contributed by atoms with Crippen LogP contribution in [0, 0.1) is 5.92 Å². The van der Waals surface area contributed by atoms with Gasteiger partial charge in [0.25, 0.3) is 0 Å². The van der Waals surface area contributed by atoms with E-state index in [-0.39, 0.29) is 0 Å². The Morgan fingerprint density at radius 1 is 1.28 bits per heavy atom. The van der Waals surface area contributed by atoms with Gasteiger partial charge >= 0.3 is 0 Å². The third kappa shape index (κ3) is 3.58. The van der Waals surface area contributed by atoms with Crippen LogP contribution in [0.3, 0.4) is 0 Å². The Kier molecular flexibility index (Phi) is 4.81. The largest absolute Gasteiger partial charge is 0.333 e. The second-order valence-corrected chi connectivity index (χ2v) is 6.15. The van der Waals surface area contributed by atoms with Crippen LogP contribution in [0.1, 0.15) is 58.9 Å². The lowest BCUT2D eigenvalue weighted by Gasteiger charge is -2.26. The molecule has 0 saturated heterocycles. The van der Waals surface area contributed by atoms with Crippen LogP contribution in [-0.2, 0) is 0 Å². The van der Waals surface area contributed by atoms with E-state index in [2.05, 4.69) is 41.8 Å². The van der Waals surface area contributed by atoms with E-state index < -0.39 is 0 Å². The van der Waals surface area contributed by atoms with Gasteiger partial charge in [-0.25, -0.2) is 4.98 Å². The van der Waals surface area contributed by atoms with Crippen molar-refractivity contribution >= 4 is 0 Å². The fourth-order valence-corrected chi connectivity index (χ4v) is 2.99.